The predicted octanol–water partition coefficient (Wildman–Crippen LogP) is 1.59. The lowest BCUT2D eigenvalue weighted by Crippen LogP contribution is -2.52. The van der Waals surface area contributed by atoms with E-state index in [0.29, 0.717) is 12.6 Å². The first-order valence-corrected chi connectivity index (χ1v) is 8.67. The number of amides is 1. The van der Waals surface area contributed by atoms with Crippen LogP contribution in [0.5, 0.6) is 0 Å². The van der Waals surface area contributed by atoms with Gasteiger partial charge in [0.25, 0.3) is 0 Å². The number of anilines is 1. The van der Waals surface area contributed by atoms with Crippen LogP contribution in [0, 0.1) is 0 Å². The first-order valence-electron chi connectivity index (χ1n) is 8.67. The monoisotopic (exact) mass is 317 g/mol. The summed E-state index contributed by atoms with van der Waals surface area (Å²) < 4.78 is 5.47. The molecule has 2 saturated heterocycles. The zero-order chi connectivity index (χ0) is 16.1. The van der Waals surface area contributed by atoms with Crippen molar-refractivity contribution < 1.29 is 9.53 Å². The molecule has 23 heavy (non-hydrogen) atoms. The molecule has 3 rings (SSSR count). The van der Waals surface area contributed by atoms with Crippen molar-refractivity contribution in [3.8, 4) is 0 Å². The fourth-order valence-corrected chi connectivity index (χ4v) is 3.37. The molecule has 0 unspecified atom stereocenters. The van der Waals surface area contributed by atoms with Crippen LogP contribution in [-0.4, -0.2) is 67.7 Å². The van der Waals surface area contributed by atoms with Gasteiger partial charge < -0.3 is 10.1 Å². The smallest absolute Gasteiger partial charge is 0.238 e. The number of ether oxygens (including phenoxy) is 1. The molecule has 0 saturated carbocycles. The van der Waals surface area contributed by atoms with Crippen molar-refractivity contribution in [2.75, 3.05) is 51.3 Å². The van der Waals surface area contributed by atoms with E-state index < -0.39 is 0 Å². The Hall–Kier alpha value is -1.43. The van der Waals surface area contributed by atoms with Gasteiger partial charge in [0.05, 0.1) is 13.2 Å². The largest absolute Gasteiger partial charge is 0.380 e. The number of hydrogen-bond acceptors (Lipinski definition) is 4. The van der Waals surface area contributed by atoms with Crippen LogP contribution in [0.4, 0.5) is 5.69 Å². The van der Waals surface area contributed by atoms with E-state index in [0.717, 1.165) is 57.9 Å². The molecule has 2 aliphatic heterocycles. The molecule has 0 aromatic heterocycles. The van der Waals surface area contributed by atoms with Crippen LogP contribution in [0.2, 0.25) is 0 Å². The molecule has 1 amide bonds. The summed E-state index contributed by atoms with van der Waals surface area (Å²) in [5.74, 6) is 0.0795. The molecule has 5 heteroatoms. The predicted molar refractivity (Wildman–Crippen MR) is 91.7 cm³/mol. The van der Waals surface area contributed by atoms with Crippen molar-refractivity contribution >= 4 is 11.6 Å². The highest BCUT2D eigenvalue weighted by Crippen LogP contribution is 2.15. The number of carbonyl (C=O) groups excluding carboxylic acids is 1. The number of carbonyl (C=O) groups is 1. The van der Waals surface area contributed by atoms with Gasteiger partial charge in [0.2, 0.25) is 5.91 Å². The number of nitrogens with zero attached hydrogens (tertiary/aromatic N) is 2. The van der Waals surface area contributed by atoms with Crippen molar-refractivity contribution in [3.05, 3.63) is 29.8 Å². The minimum atomic E-state index is 0.0795. The third-order valence-corrected chi connectivity index (χ3v) is 4.82. The Morgan fingerprint density at radius 3 is 2.83 bits per heavy atom. The van der Waals surface area contributed by atoms with E-state index in [9.17, 15) is 4.79 Å². The Morgan fingerprint density at radius 2 is 2.13 bits per heavy atom. The summed E-state index contributed by atoms with van der Waals surface area (Å²) in [6, 6.07) is 8.67. The summed E-state index contributed by atoms with van der Waals surface area (Å²) in [5.41, 5.74) is 2.14. The van der Waals surface area contributed by atoms with Gasteiger partial charge >= 0.3 is 0 Å². The van der Waals surface area contributed by atoms with Crippen LogP contribution in [0.15, 0.2) is 24.3 Å². The molecule has 5 nitrogen and oxygen atoms in total. The van der Waals surface area contributed by atoms with Gasteiger partial charge in [-0.05, 0) is 30.5 Å². The van der Waals surface area contributed by atoms with E-state index in [1.807, 2.05) is 12.1 Å². The molecule has 1 aromatic carbocycles. The van der Waals surface area contributed by atoms with Gasteiger partial charge in [-0.25, -0.2) is 0 Å². The second-order valence-electron chi connectivity index (χ2n) is 6.43. The van der Waals surface area contributed by atoms with Crippen molar-refractivity contribution in [3.63, 3.8) is 0 Å². The Labute approximate surface area is 138 Å². The summed E-state index contributed by atoms with van der Waals surface area (Å²) in [5, 5.41) is 3.02. The van der Waals surface area contributed by atoms with Gasteiger partial charge in [0.1, 0.15) is 0 Å². The van der Waals surface area contributed by atoms with Crippen molar-refractivity contribution in [2.24, 2.45) is 0 Å². The topological polar surface area (TPSA) is 44.8 Å². The molecular weight excluding hydrogens is 290 g/mol. The Kier molecular flexibility index (Phi) is 5.65. The van der Waals surface area contributed by atoms with Gasteiger partial charge in [0, 0.05) is 44.5 Å². The zero-order valence-corrected chi connectivity index (χ0v) is 14.0. The highest BCUT2D eigenvalue weighted by molar-refractivity contribution is 5.92. The number of rotatable bonds is 5. The van der Waals surface area contributed by atoms with Gasteiger partial charge in [0.15, 0.2) is 0 Å². The summed E-state index contributed by atoms with van der Waals surface area (Å²) in [6.45, 7) is 8.34. The van der Waals surface area contributed by atoms with Crippen LogP contribution < -0.4 is 5.32 Å². The van der Waals surface area contributed by atoms with E-state index in [4.69, 9.17) is 4.74 Å². The summed E-state index contributed by atoms with van der Waals surface area (Å²) in [6.07, 6.45) is 2.13. The van der Waals surface area contributed by atoms with Crippen LogP contribution >= 0.6 is 0 Å². The lowest BCUT2D eigenvalue weighted by Gasteiger charge is -2.37. The van der Waals surface area contributed by atoms with Crippen molar-refractivity contribution in [1.82, 2.24) is 9.80 Å². The molecule has 1 aromatic rings. The van der Waals surface area contributed by atoms with Gasteiger partial charge in [-0.2, -0.15) is 0 Å². The minimum absolute atomic E-state index is 0.0795. The molecule has 2 fully saturated rings. The molecular formula is C18H27N3O2. The maximum atomic E-state index is 12.2. The van der Waals surface area contributed by atoms with Crippen LogP contribution in [0.25, 0.3) is 0 Å². The summed E-state index contributed by atoms with van der Waals surface area (Å²) >= 11 is 0. The summed E-state index contributed by atoms with van der Waals surface area (Å²) in [7, 11) is 0. The van der Waals surface area contributed by atoms with Crippen molar-refractivity contribution in [1.29, 1.82) is 0 Å². The third-order valence-electron chi connectivity index (χ3n) is 4.82. The van der Waals surface area contributed by atoms with E-state index in [1.54, 1.807) is 0 Å². The molecule has 126 valence electrons. The zero-order valence-electron chi connectivity index (χ0n) is 14.0. The maximum Gasteiger partial charge on any atom is 0.238 e. The van der Waals surface area contributed by atoms with Crippen LogP contribution in [0.3, 0.4) is 0 Å². The maximum absolute atomic E-state index is 12.2. The SMILES string of the molecule is CCc1cccc(NC(=O)CN2CCN([C@H]3CCOC3)CC2)c1. The second kappa shape index (κ2) is 7.90. The standard InChI is InChI=1S/C18H27N3O2/c1-2-15-4-3-5-16(12-15)19-18(22)13-20-7-9-21(10-8-20)17-6-11-23-14-17/h3-5,12,17H,2,6-11,13-14H2,1H3,(H,19,22)/t17-/m0/s1. The van der Waals surface area contributed by atoms with E-state index in [2.05, 4.69) is 34.2 Å². The Bertz CT molecular complexity index is 521. The van der Waals surface area contributed by atoms with Gasteiger partial charge in [-0.3, -0.25) is 14.6 Å². The van der Waals surface area contributed by atoms with Crippen LogP contribution in [0.1, 0.15) is 18.9 Å². The highest BCUT2D eigenvalue weighted by Gasteiger charge is 2.27. The Balaban J connectivity index is 1.43. The van der Waals surface area contributed by atoms with Gasteiger partial charge in [-0.1, -0.05) is 19.1 Å². The van der Waals surface area contributed by atoms with E-state index >= 15 is 0 Å². The van der Waals surface area contributed by atoms with Crippen molar-refractivity contribution in [2.45, 2.75) is 25.8 Å². The summed E-state index contributed by atoms with van der Waals surface area (Å²) in [4.78, 5) is 17.0. The molecule has 0 radical (unpaired) electrons. The van der Waals surface area contributed by atoms with Crippen LogP contribution in [-0.2, 0) is 16.0 Å². The normalized spacial score (nSPS) is 23.1. The van der Waals surface area contributed by atoms with E-state index in [1.165, 1.54) is 5.56 Å². The average molecular weight is 317 g/mol. The second-order valence-corrected chi connectivity index (χ2v) is 6.43. The highest BCUT2D eigenvalue weighted by atomic mass is 16.5. The number of hydrogen-bond donors (Lipinski definition) is 1. The quantitative estimate of drug-likeness (QED) is 0.896. The number of nitrogens with one attached hydrogen (secondary N) is 1. The lowest BCUT2D eigenvalue weighted by molar-refractivity contribution is -0.117. The molecule has 2 aliphatic rings. The number of aryl methyl sites for hydroxylation is 1. The molecule has 0 spiro atoms. The molecule has 1 atom stereocenters. The third kappa shape index (κ3) is 4.53. The minimum Gasteiger partial charge on any atom is -0.380 e. The van der Waals surface area contributed by atoms with Gasteiger partial charge in [-0.15, -0.1) is 0 Å². The molecule has 2 heterocycles. The Morgan fingerprint density at radius 1 is 1.30 bits per heavy atom. The molecule has 0 aliphatic carbocycles. The fraction of sp³-hybridized carbons (Fsp3) is 0.611. The number of piperazine rings is 1. The molecule has 0 bridgehead atoms. The fourth-order valence-electron chi connectivity index (χ4n) is 3.37. The first kappa shape index (κ1) is 16.4. The van der Waals surface area contributed by atoms with E-state index in [-0.39, 0.29) is 5.91 Å². The lowest BCUT2D eigenvalue weighted by atomic mass is 10.1. The average Bonchev–Trinajstić information content (AvgIpc) is 3.10. The first-order chi connectivity index (χ1) is 11.2. The molecule has 1 N–H and O–H groups in total. The number of benzene rings is 1.